The highest BCUT2D eigenvalue weighted by Gasteiger charge is 2.26. The number of allylic oxidation sites excluding steroid dienone is 1. The maximum atomic E-state index is 11.9. The maximum Gasteiger partial charge on any atom is 0.162 e. The van der Waals surface area contributed by atoms with Crippen molar-refractivity contribution in [3.05, 3.63) is 12.2 Å². The molecular formula is C24H47NO3. The molecule has 0 bridgehead atoms. The molecule has 0 aliphatic carbocycles. The summed E-state index contributed by atoms with van der Waals surface area (Å²) in [5.74, 6) is -0.265. The third kappa shape index (κ3) is 15.2. The lowest BCUT2D eigenvalue weighted by molar-refractivity contribution is -0.129. The average Bonchev–Trinajstić information content (AvgIpc) is 2.70. The van der Waals surface area contributed by atoms with Gasteiger partial charge >= 0.3 is 0 Å². The first-order valence-electron chi connectivity index (χ1n) is 11.9. The highest BCUT2D eigenvalue weighted by atomic mass is 16.3. The zero-order chi connectivity index (χ0) is 21.0. The van der Waals surface area contributed by atoms with Gasteiger partial charge in [-0.2, -0.15) is 0 Å². The lowest BCUT2D eigenvalue weighted by Gasteiger charge is -2.21. The Balaban J connectivity index is 3.68. The lowest BCUT2D eigenvalue weighted by Crippen LogP contribution is -2.47. The normalized spacial score (nSPS) is 15.0. The summed E-state index contributed by atoms with van der Waals surface area (Å²) in [5.41, 5.74) is 5.84. The number of hydrogen-bond donors (Lipinski definition) is 3. The summed E-state index contributed by atoms with van der Waals surface area (Å²) < 4.78 is 0. The van der Waals surface area contributed by atoms with Crippen molar-refractivity contribution in [2.24, 2.45) is 5.73 Å². The van der Waals surface area contributed by atoms with Crippen LogP contribution in [0.25, 0.3) is 0 Å². The second kappa shape index (κ2) is 19.6. The Morgan fingerprint density at radius 2 is 1.25 bits per heavy atom. The van der Waals surface area contributed by atoms with Gasteiger partial charge in [0.15, 0.2) is 5.78 Å². The first kappa shape index (κ1) is 27.3. The first-order chi connectivity index (χ1) is 13.5. The molecule has 0 heterocycles. The number of carbonyl (C=O) groups excluding carboxylic acids is 1. The molecule has 0 rings (SSSR count). The molecule has 3 atom stereocenters. The van der Waals surface area contributed by atoms with Gasteiger partial charge in [-0.3, -0.25) is 4.79 Å². The second-order valence-electron chi connectivity index (χ2n) is 8.19. The minimum Gasteiger partial charge on any atom is -0.387 e. The van der Waals surface area contributed by atoms with Crippen molar-refractivity contribution in [3.8, 4) is 0 Å². The number of aliphatic hydroxyl groups is 2. The zero-order valence-electron chi connectivity index (χ0n) is 18.6. The fourth-order valence-electron chi connectivity index (χ4n) is 3.39. The van der Waals surface area contributed by atoms with Crippen molar-refractivity contribution in [1.29, 1.82) is 0 Å². The predicted molar refractivity (Wildman–Crippen MR) is 119 cm³/mol. The SMILES string of the molecule is CCCCCCCCCCCCCC=CC(O)C(N)C(O)C(=O)CCCCC. The number of carbonyl (C=O) groups is 1. The van der Waals surface area contributed by atoms with Crippen LogP contribution in [0.1, 0.15) is 117 Å². The van der Waals surface area contributed by atoms with Crippen LogP contribution in [-0.2, 0) is 4.79 Å². The number of ketones is 1. The molecule has 0 aromatic heterocycles. The van der Waals surface area contributed by atoms with Crippen LogP contribution < -0.4 is 5.73 Å². The van der Waals surface area contributed by atoms with Crippen LogP contribution in [0.3, 0.4) is 0 Å². The number of rotatable bonds is 20. The molecular weight excluding hydrogens is 350 g/mol. The fourth-order valence-corrected chi connectivity index (χ4v) is 3.39. The second-order valence-corrected chi connectivity index (χ2v) is 8.19. The number of aliphatic hydroxyl groups excluding tert-OH is 2. The number of Topliss-reactive ketones (excluding diaryl/α,β-unsaturated/α-hetero) is 1. The molecule has 0 aliphatic rings. The van der Waals surface area contributed by atoms with Gasteiger partial charge in [0.2, 0.25) is 0 Å². The topological polar surface area (TPSA) is 83.6 Å². The van der Waals surface area contributed by atoms with Crippen LogP contribution in [0.5, 0.6) is 0 Å². The summed E-state index contributed by atoms with van der Waals surface area (Å²) in [4.78, 5) is 11.9. The van der Waals surface area contributed by atoms with E-state index in [1.807, 2.05) is 6.08 Å². The Labute approximate surface area is 174 Å². The van der Waals surface area contributed by atoms with Gasteiger partial charge < -0.3 is 15.9 Å². The summed E-state index contributed by atoms with van der Waals surface area (Å²) in [7, 11) is 0. The van der Waals surface area contributed by atoms with Gasteiger partial charge in [0.05, 0.1) is 12.1 Å². The molecule has 4 nitrogen and oxygen atoms in total. The van der Waals surface area contributed by atoms with Gasteiger partial charge in [0.1, 0.15) is 6.10 Å². The number of hydrogen-bond acceptors (Lipinski definition) is 4. The van der Waals surface area contributed by atoms with E-state index >= 15 is 0 Å². The van der Waals surface area contributed by atoms with E-state index in [2.05, 4.69) is 13.8 Å². The van der Waals surface area contributed by atoms with Crippen molar-refractivity contribution in [2.45, 2.75) is 135 Å². The number of nitrogens with two attached hydrogens (primary N) is 1. The van der Waals surface area contributed by atoms with E-state index in [4.69, 9.17) is 5.73 Å². The van der Waals surface area contributed by atoms with Gasteiger partial charge in [-0.25, -0.2) is 0 Å². The predicted octanol–water partition coefficient (Wildman–Crippen LogP) is 5.44. The van der Waals surface area contributed by atoms with Crippen molar-refractivity contribution in [2.75, 3.05) is 0 Å². The molecule has 0 radical (unpaired) electrons. The highest BCUT2D eigenvalue weighted by Crippen LogP contribution is 2.12. The van der Waals surface area contributed by atoms with Gasteiger partial charge in [0.25, 0.3) is 0 Å². The minimum absolute atomic E-state index is 0.265. The quantitative estimate of drug-likeness (QED) is 0.189. The molecule has 0 aromatic carbocycles. The fraction of sp³-hybridized carbons (Fsp3) is 0.875. The van der Waals surface area contributed by atoms with E-state index in [0.717, 1.165) is 32.1 Å². The van der Waals surface area contributed by atoms with E-state index in [1.54, 1.807) is 6.08 Å². The summed E-state index contributed by atoms with van der Waals surface area (Å²) in [5, 5.41) is 20.1. The van der Waals surface area contributed by atoms with Crippen molar-refractivity contribution in [1.82, 2.24) is 0 Å². The first-order valence-corrected chi connectivity index (χ1v) is 11.9. The summed E-state index contributed by atoms with van der Waals surface area (Å²) >= 11 is 0. The van der Waals surface area contributed by atoms with E-state index < -0.39 is 18.2 Å². The molecule has 4 heteroatoms. The van der Waals surface area contributed by atoms with Gasteiger partial charge in [0, 0.05) is 6.42 Å². The Hall–Kier alpha value is -0.710. The Morgan fingerprint density at radius 1 is 0.786 bits per heavy atom. The maximum absolute atomic E-state index is 11.9. The van der Waals surface area contributed by atoms with E-state index in [1.165, 1.54) is 64.2 Å². The molecule has 0 saturated carbocycles. The van der Waals surface area contributed by atoms with Crippen molar-refractivity contribution in [3.63, 3.8) is 0 Å². The Bertz CT molecular complexity index is 384. The van der Waals surface area contributed by atoms with Crippen LogP contribution in [0.4, 0.5) is 0 Å². The summed E-state index contributed by atoms with van der Waals surface area (Å²) in [6, 6.07) is -0.942. The molecule has 0 fully saturated rings. The van der Waals surface area contributed by atoms with Crippen LogP contribution in [0, 0.1) is 0 Å². The third-order valence-corrected chi connectivity index (χ3v) is 5.42. The van der Waals surface area contributed by atoms with Crippen LogP contribution in [-0.4, -0.2) is 34.2 Å². The average molecular weight is 398 g/mol. The Morgan fingerprint density at radius 3 is 1.79 bits per heavy atom. The standard InChI is InChI=1S/C24H47NO3/c1-3-5-7-8-9-10-11-12-13-14-15-16-18-19-21(26)23(25)24(28)22(27)20-17-6-4-2/h18-19,21,23-24,26,28H,3-17,20,25H2,1-2H3. The summed E-state index contributed by atoms with van der Waals surface area (Å²) in [6.45, 7) is 4.32. The van der Waals surface area contributed by atoms with Gasteiger partial charge in [-0.15, -0.1) is 0 Å². The largest absolute Gasteiger partial charge is 0.387 e. The molecule has 0 saturated heterocycles. The molecule has 28 heavy (non-hydrogen) atoms. The number of unbranched alkanes of at least 4 members (excludes halogenated alkanes) is 13. The van der Waals surface area contributed by atoms with Crippen LogP contribution >= 0.6 is 0 Å². The molecule has 166 valence electrons. The third-order valence-electron chi connectivity index (χ3n) is 5.42. The molecule has 4 N–H and O–H groups in total. The lowest BCUT2D eigenvalue weighted by atomic mass is 9.98. The van der Waals surface area contributed by atoms with Gasteiger partial charge in [-0.05, 0) is 19.3 Å². The van der Waals surface area contributed by atoms with Crippen LogP contribution in [0.2, 0.25) is 0 Å². The van der Waals surface area contributed by atoms with Gasteiger partial charge in [-0.1, -0.05) is 103 Å². The van der Waals surface area contributed by atoms with E-state index in [9.17, 15) is 15.0 Å². The smallest absolute Gasteiger partial charge is 0.162 e. The van der Waals surface area contributed by atoms with Crippen molar-refractivity contribution < 1.29 is 15.0 Å². The Kier molecular flexibility index (Phi) is 19.1. The van der Waals surface area contributed by atoms with E-state index in [0.29, 0.717) is 6.42 Å². The minimum atomic E-state index is -1.28. The molecule has 0 aromatic rings. The molecule has 0 amide bonds. The molecule has 0 spiro atoms. The molecule has 0 aliphatic heterocycles. The highest BCUT2D eigenvalue weighted by molar-refractivity contribution is 5.83. The molecule has 3 unspecified atom stereocenters. The van der Waals surface area contributed by atoms with Crippen LogP contribution in [0.15, 0.2) is 12.2 Å². The monoisotopic (exact) mass is 397 g/mol. The van der Waals surface area contributed by atoms with E-state index in [-0.39, 0.29) is 5.78 Å². The zero-order valence-corrected chi connectivity index (χ0v) is 18.6. The van der Waals surface area contributed by atoms with Crippen molar-refractivity contribution >= 4 is 5.78 Å². The summed E-state index contributed by atoms with van der Waals surface area (Å²) in [6.07, 6.45) is 19.8.